The predicted molar refractivity (Wildman–Crippen MR) is 41.9 cm³/mol. The van der Waals surface area contributed by atoms with Crippen molar-refractivity contribution >= 4 is 0 Å². The van der Waals surface area contributed by atoms with Gasteiger partial charge in [0.15, 0.2) is 11.6 Å². The largest absolute Gasteiger partial charge is 0.396 e. The van der Waals surface area contributed by atoms with Gasteiger partial charge in [-0.2, -0.15) is 0 Å². The van der Waals surface area contributed by atoms with Gasteiger partial charge in [0.05, 0.1) is 0 Å². The summed E-state index contributed by atoms with van der Waals surface area (Å²) in [6, 6.07) is 2.57. The van der Waals surface area contributed by atoms with Gasteiger partial charge < -0.3 is 5.11 Å². The van der Waals surface area contributed by atoms with Crippen LogP contribution in [0.4, 0.5) is 8.78 Å². The molecule has 0 amide bonds. The lowest BCUT2D eigenvalue weighted by atomic mass is 10.1. The summed E-state index contributed by atoms with van der Waals surface area (Å²) >= 11 is 0. The van der Waals surface area contributed by atoms with Crippen molar-refractivity contribution in [2.24, 2.45) is 0 Å². The van der Waals surface area contributed by atoms with E-state index in [2.05, 4.69) is 0 Å². The van der Waals surface area contributed by atoms with Crippen LogP contribution in [0.2, 0.25) is 0 Å². The quantitative estimate of drug-likeness (QED) is 0.721. The summed E-state index contributed by atoms with van der Waals surface area (Å²) in [5.74, 6) is -1.66. The maximum absolute atomic E-state index is 12.9. The summed E-state index contributed by atoms with van der Waals surface area (Å²) in [7, 11) is 0. The Morgan fingerprint density at radius 3 is 2.58 bits per heavy atom. The van der Waals surface area contributed by atoms with Crippen LogP contribution in [0.5, 0.6) is 0 Å². The van der Waals surface area contributed by atoms with Crippen molar-refractivity contribution in [3.8, 4) is 0 Å². The highest BCUT2D eigenvalue weighted by Gasteiger charge is 2.08. The highest BCUT2D eigenvalue weighted by molar-refractivity contribution is 5.28. The molecule has 0 aromatic heterocycles. The van der Waals surface area contributed by atoms with Crippen molar-refractivity contribution in [1.82, 2.24) is 0 Å². The zero-order valence-electron chi connectivity index (χ0n) is 6.77. The zero-order chi connectivity index (χ0) is 9.14. The van der Waals surface area contributed by atoms with Crippen molar-refractivity contribution in [2.75, 3.05) is 6.61 Å². The molecule has 1 nitrogen and oxygen atoms in total. The minimum absolute atomic E-state index is 0.0497. The van der Waals surface area contributed by atoms with Gasteiger partial charge in [-0.3, -0.25) is 0 Å². The molecule has 0 radical (unpaired) electrons. The maximum Gasteiger partial charge on any atom is 0.161 e. The number of aliphatic hydroxyl groups is 1. The third-order valence-corrected chi connectivity index (χ3v) is 1.83. The summed E-state index contributed by atoms with van der Waals surface area (Å²) in [5.41, 5.74) is 0.931. The van der Waals surface area contributed by atoms with E-state index in [-0.39, 0.29) is 12.2 Å². The molecule has 0 aliphatic heterocycles. The Hall–Kier alpha value is -0.960. The molecule has 1 rings (SSSR count). The second kappa shape index (κ2) is 3.63. The van der Waals surface area contributed by atoms with Crippen LogP contribution in [-0.2, 0) is 6.42 Å². The number of rotatable bonds is 2. The summed E-state index contributed by atoms with van der Waals surface area (Å²) < 4.78 is 25.4. The van der Waals surface area contributed by atoms with Crippen LogP contribution in [0, 0.1) is 18.6 Å². The minimum atomic E-state index is -0.839. The summed E-state index contributed by atoms with van der Waals surface area (Å²) in [4.78, 5) is 0. The first kappa shape index (κ1) is 9.13. The monoisotopic (exact) mass is 172 g/mol. The Morgan fingerprint density at radius 2 is 2.00 bits per heavy atom. The fourth-order valence-electron chi connectivity index (χ4n) is 1.08. The van der Waals surface area contributed by atoms with Crippen LogP contribution in [0.15, 0.2) is 12.1 Å². The molecule has 0 aliphatic carbocycles. The molecule has 66 valence electrons. The van der Waals surface area contributed by atoms with E-state index in [1.807, 2.05) is 0 Å². The average molecular weight is 172 g/mol. The number of halogens is 2. The van der Waals surface area contributed by atoms with E-state index in [9.17, 15) is 8.78 Å². The maximum atomic E-state index is 12.9. The molecule has 3 heteroatoms. The molecule has 0 saturated carbocycles. The van der Waals surface area contributed by atoms with E-state index in [4.69, 9.17) is 5.11 Å². The van der Waals surface area contributed by atoms with E-state index in [1.54, 1.807) is 0 Å². The van der Waals surface area contributed by atoms with Gasteiger partial charge in [0.1, 0.15) is 0 Å². The van der Waals surface area contributed by atoms with E-state index in [0.717, 1.165) is 6.07 Å². The second-order valence-corrected chi connectivity index (χ2v) is 2.62. The van der Waals surface area contributed by atoms with Gasteiger partial charge in [-0.05, 0) is 30.5 Å². The highest BCUT2D eigenvalue weighted by Crippen LogP contribution is 2.15. The lowest BCUT2D eigenvalue weighted by molar-refractivity contribution is 0.299. The molecular formula is C9H10F2O. The fraction of sp³-hybridized carbons (Fsp3) is 0.333. The molecule has 0 unspecified atom stereocenters. The van der Waals surface area contributed by atoms with Gasteiger partial charge in [0, 0.05) is 6.61 Å². The third-order valence-electron chi connectivity index (χ3n) is 1.83. The molecule has 0 spiro atoms. The first-order chi connectivity index (χ1) is 5.66. The van der Waals surface area contributed by atoms with Crippen molar-refractivity contribution in [2.45, 2.75) is 13.3 Å². The Bertz CT molecular complexity index is 284. The first-order valence-corrected chi connectivity index (χ1v) is 3.71. The summed E-state index contributed by atoms with van der Waals surface area (Å²) in [6.07, 6.45) is 0.364. The Morgan fingerprint density at radius 1 is 1.33 bits per heavy atom. The Labute approximate surface area is 69.7 Å². The molecule has 1 aromatic rings. The van der Waals surface area contributed by atoms with Crippen LogP contribution < -0.4 is 0 Å². The fourth-order valence-corrected chi connectivity index (χ4v) is 1.08. The van der Waals surface area contributed by atoms with Crippen LogP contribution in [0.1, 0.15) is 11.1 Å². The highest BCUT2D eigenvalue weighted by atomic mass is 19.2. The molecule has 0 saturated heterocycles. The molecule has 0 heterocycles. The predicted octanol–water partition coefficient (Wildman–Crippen LogP) is 1.81. The van der Waals surface area contributed by atoms with Crippen LogP contribution >= 0.6 is 0 Å². The van der Waals surface area contributed by atoms with E-state index in [1.165, 1.54) is 13.0 Å². The van der Waals surface area contributed by atoms with E-state index < -0.39 is 11.6 Å². The van der Waals surface area contributed by atoms with Gasteiger partial charge in [-0.25, -0.2) is 8.78 Å². The molecule has 12 heavy (non-hydrogen) atoms. The van der Waals surface area contributed by atoms with Crippen LogP contribution in [0.3, 0.4) is 0 Å². The number of hydrogen-bond acceptors (Lipinski definition) is 1. The summed E-state index contributed by atoms with van der Waals surface area (Å²) in [5, 5.41) is 8.59. The van der Waals surface area contributed by atoms with Crippen molar-refractivity contribution < 1.29 is 13.9 Å². The Balaban J connectivity index is 3.08. The lowest BCUT2D eigenvalue weighted by Crippen LogP contribution is -1.98. The van der Waals surface area contributed by atoms with Gasteiger partial charge in [0.25, 0.3) is 0 Å². The van der Waals surface area contributed by atoms with Crippen molar-refractivity contribution in [3.63, 3.8) is 0 Å². The van der Waals surface area contributed by atoms with Gasteiger partial charge >= 0.3 is 0 Å². The van der Waals surface area contributed by atoms with Gasteiger partial charge in [0.2, 0.25) is 0 Å². The van der Waals surface area contributed by atoms with E-state index >= 15 is 0 Å². The lowest BCUT2D eigenvalue weighted by Gasteiger charge is -2.04. The second-order valence-electron chi connectivity index (χ2n) is 2.62. The van der Waals surface area contributed by atoms with Crippen molar-refractivity contribution in [3.05, 3.63) is 34.9 Å². The standard InChI is InChI=1S/C9H10F2O/c1-6-7(4-5-12)2-3-8(10)9(6)11/h2-3,12H,4-5H2,1H3. The third kappa shape index (κ3) is 1.61. The number of hydrogen-bond donors (Lipinski definition) is 1. The number of aliphatic hydroxyl groups excluding tert-OH is 1. The zero-order valence-corrected chi connectivity index (χ0v) is 6.77. The molecule has 1 aromatic carbocycles. The SMILES string of the molecule is Cc1c(CCO)ccc(F)c1F. The molecule has 1 N–H and O–H groups in total. The van der Waals surface area contributed by atoms with E-state index in [0.29, 0.717) is 12.0 Å². The topological polar surface area (TPSA) is 20.2 Å². The van der Waals surface area contributed by atoms with Crippen molar-refractivity contribution in [1.29, 1.82) is 0 Å². The molecule has 0 atom stereocenters. The van der Waals surface area contributed by atoms with Crippen LogP contribution in [0.25, 0.3) is 0 Å². The first-order valence-electron chi connectivity index (χ1n) is 3.71. The molecule has 0 bridgehead atoms. The number of benzene rings is 1. The molecular weight excluding hydrogens is 162 g/mol. The molecule has 0 aliphatic rings. The average Bonchev–Trinajstić information content (AvgIpc) is 2.07. The van der Waals surface area contributed by atoms with Gasteiger partial charge in [-0.15, -0.1) is 0 Å². The Kier molecular flexibility index (Phi) is 2.76. The van der Waals surface area contributed by atoms with Gasteiger partial charge in [-0.1, -0.05) is 6.07 Å². The smallest absolute Gasteiger partial charge is 0.161 e. The minimum Gasteiger partial charge on any atom is -0.396 e. The summed E-state index contributed by atoms with van der Waals surface area (Å²) in [6.45, 7) is 1.45. The molecule has 0 fully saturated rings. The normalized spacial score (nSPS) is 10.3. The van der Waals surface area contributed by atoms with Crippen LogP contribution in [-0.4, -0.2) is 11.7 Å².